The number of nitrogens with zero attached hydrogens (tertiary/aromatic N) is 3. The summed E-state index contributed by atoms with van der Waals surface area (Å²) >= 11 is 0. The van der Waals surface area contributed by atoms with E-state index in [9.17, 15) is 12.8 Å². The highest BCUT2D eigenvalue weighted by atomic mass is 32.2. The van der Waals surface area contributed by atoms with Crippen molar-refractivity contribution >= 4 is 26.9 Å². The molecule has 0 aliphatic heterocycles. The minimum absolute atomic E-state index is 0.0899. The molecule has 2 N–H and O–H groups in total. The molecule has 31 heavy (non-hydrogen) atoms. The maximum Gasteiger partial charge on any atom is 0.301 e. The van der Waals surface area contributed by atoms with Crippen molar-refractivity contribution in [3.8, 4) is 11.1 Å². The third kappa shape index (κ3) is 4.12. The summed E-state index contributed by atoms with van der Waals surface area (Å²) in [6.45, 7) is 0. The smallest absolute Gasteiger partial charge is 0.301 e. The molecule has 0 bridgehead atoms. The number of fused-ring (bicyclic) bond motifs is 1. The highest BCUT2D eigenvalue weighted by Crippen LogP contribution is 2.29. The van der Waals surface area contributed by atoms with Gasteiger partial charge >= 0.3 is 10.2 Å². The van der Waals surface area contributed by atoms with Crippen molar-refractivity contribution in [3.05, 3.63) is 77.9 Å². The topological polar surface area (TPSA) is 91.0 Å². The molecule has 7 nitrogen and oxygen atoms in total. The van der Waals surface area contributed by atoms with E-state index in [0.717, 1.165) is 27.6 Å². The van der Waals surface area contributed by atoms with Gasteiger partial charge in [-0.2, -0.15) is 12.7 Å². The molecule has 4 rings (SSSR count). The van der Waals surface area contributed by atoms with Crippen LogP contribution in [0.4, 0.5) is 14.5 Å². The van der Waals surface area contributed by atoms with Crippen LogP contribution in [-0.4, -0.2) is 41.8 Å². The predicted molar refractivity (Wildman–Crippen MR) is 115 cm³/mol. The Morgan fingerprint density at radius 3 is 2.65 bits per heavy atom. The van der Waals surface area contributed by atoms with Gasteiger partial charge in [0.2, 0.25) is 0 Å². The lowest BCUT2D eigenvalue weighted by atomic mass is 10.0. The third-order valence-electron chi connectivity index (χ3n) is 4.88. The number of nitrogens with one attached hydrogen (secondary N) is 2. The quantitative estimate of drug-likeness (QED) is 0.475. The molecule has 0 unspecified atom stereocenters. The van der Waals surface area contributed by atoms with E-state index in [2.05, 4.69) is 19.7 Å². The van der Waals surface area contributed by atoms with Gasteiger partial charge in [-0.25, -0.2) is 13.8 Å². The first kappa shape index (κ1) is 20.9. The summed E-state index contributed by atoms with van der Waals surface area (Å²) in [5, 5.41) is 0.708. The average molecular weight is 443 g/mol. The highest BCUT2D eigenvalue weighted by molar-refractivity contribution is 7.90. The molecule has 0 atom stereocenters. The molecule has 4 aromatic rings. The largest absolute Gasteiger partial charge is 0.346 e. The molecular formula is C21H19F2N5O2S. The average Bonchev–Trinajstić information content (AvgIpc) is 3.15. The molecule has 0 aliphatic rings. The van der Waals surface area contributed by atoms with E-state index in [1.54, 1.807) is 24.8 Å². The van der Waals surface area contributed by atoms with Crippen LogP contribution >= 0.6 is 0 Å². The van der Waals surface area contributed by atoms with Crippen LogP contribution in [-0.2, 0) is 16.6 Å². The van der Waals surface area contributed by atoms with Gasteiger partial charge in [-0.05, 0) is 29.8 Å². The zero-order chi connectivity index (χ0) is 22.2. The number of anilines is 1. The first-order chi connectivity index (χ1) is 14.8. The van der Waals surface area contributed by atoms with Gasteiger partial charge < -0.3 is 4.98 Å². The maximum atomic E-state index is 15.0. The minimum Gasteiger partial charge on any atom is -0.346 e. The number of aromatic nitrogens is 3. The number of H-pyrrole nitrogens is 1. The monoisotopic (exact) mass is 443 g/mol. The van der Waals surface area contributed by atoms with Gasteiger partial charge in [0.25, 0.3) is 0 Å². The van der Waals surface area contributed by atoms with E-state index < -0.39 is 21.8 Å². The van der Waals surface area contributed by atoms with E-state index in [0.29, 0.717) is 16.6 Å². The van der Waals surface area contributed by atoms with Crippen molar-refractivity contribution < 1.29 is 17.2 Å². The number of rotatable bonds is 6. The van der Waals surface area contributed by atoms with Gasteiger partial charge in [-0.15, -0.1) is 0 Å². The Hall–Kier alpha value is -3.37. The second-order valence-electron chi connectivity index (χ2n) is 7.13. The van der Waals surface area contributed by atoms with Crippen LogP contribution in [0, 0.1) is 11.6 Å². The Kier molecular flexibility index (Phi) is 5.42. The number of halogens is 2. The van der Waals surface area contributed by atoms with Crippen molar-refractivity contribution in [2.24, 2.45) is 0 Å². The Labute approximate surface area is 178 Å². The summed E-state index contributed by atoms with van der Waals surface area (Å²) in [5.74, 6) is -1.73. The van der Waals surface area contributed by atoms with Crippen molar-refractivity contribution in [2.45, 2.75) is 6.42 Å². The molecule has 0 saturated carbocycles. The molecule has 3 heterocycles. The normalized spacial score (nSPS) is 11.9. The van der Waals surface area contributed by atoms with E-state index >= 15 is 4.39 Å². The third-order valence-corrected chi connectivity index (χ3v) is 6.32. The first-order valence-electron chi connectivity index (χ1n) is 9.30. The van der Waals surface area contributed by atoms with Gasteiger partial charge in [0.1, 0.15) is 11.5 Å². The Morgan fingerprint density at radius 1 is 1.13 bits per heavy atom. The SMILES string of the molecule is CN(C)S(=O)(=O)Nc1ccc(F)c(Cc2c[nH]c3ncc(-c4cccnc4)cc23)c1F. The highest BCUT2D eigenvalue weighted by Gasteiger charge is 2.21. The van der Waals surface area contributed by atoms with Gasteiger partial charge in [-0.3, -0.25) is 9.71 Å². The van der Waals surface area contributed by atoms with E-state index in [1.807, 2.05) is 18.2 Å². The molecule has 0 saturated heterocycles. The first-order valence-corrected chi connectivity index (χ1v) is 10.7. The molecule has 3 aromatic heterocycles. The van der Waals surface area contributed by atoms with Crippen molar-refractivity contribution in [2.75, 3.05) is 18.8 Å². The molecule has 0 radical (unpaired) electrons. The lowest BCUT2D eigenvalue weighted by Gasteiger charge is -2.15. The number of pyridine rings is 2. The van der Waals surface area contributed by atoms with Gasteiger partial charge in [0.15, 0.2) is 5.82 Å². The number of hydrogen-bond donors (Lipinski definition) is 2. The van der Waals surface area contributed by atoms with Gasteiger partial charge in [-0.1, -0.05) is 6.07 Å². The molecule has 0 fully saturated rings. The second-order valence-corrected chi connectivity index (χ2v) is 9.01. The van der Waals surface area contributed by atoms with Gasteiger partial charge in [0, 0.05) is 67.4 Å². The molecule has 1 aromatic carbocycles. The van der Waals surface area contributed by atoms with Gasteiger partial charge in [0.05, 0.1) is 5.69 Å². The lowest BCUT2D eigenvalue weighted by Crippen LogP contribution is -2.29. The summed E-state index contributed by atoms with van der Waals surface area (Å²) in [6.07, 6.45) is 6.61. The van der Waals surface area contributed by atoms with Crippen molar-refractivity contribution in [1.82, 2.24) is 19.3 Å². The zero-order valence-electron chi connectivity index (χ0n) is 16.7. The second kappa shape index (κ2) is 8.05. The molecule has 10 heteroatoms. The maximum absolute atomic E-state index is 15.0. The Balaban J connectivity index is 1.73. The fourth-order valence-electron chi connectivity index (χ4n) is 3.15. The number of benzene rings is 1. The molecule has 0 spiro atoms. The van der Waals surface area contributed by atoms with Crippen LogP contribution in [0.2, 0.25) is 0 Å². The zero-order valence-corrected chi connectivity index (χ0v) is 17.5. The van der Waals surface area contributed by atoms with Crippen LogP contribution < -0.4 is 4.72 Å². The molecule has 160 valence electrons. The minimum atomic E-state index is -3.94. The summed E-state index contributed by atoms with van der Waals surface area (Å²) < 4.78 is 56.7. The fraction of sp³-hybridized carbons (Fsp3) is 0.143. The predicted octanol–water partition coefficient (Wildman–Crippen LogP) is 3.71. The van der Waals surface area contributed by atoms with E-state index in [-0.39, 0.29) is 17.7 Å². The van der Waals surface area contributed by atoms with Crippen LogP contribution in [0.3, 0.4) is 0 Å². The summed E-state index contributed by atoms with van der Waals surface area (Å²) in [7, 11) is -1.32. The van der Waals surface area contributed by atoms with Crippen molar-refractivity contribution in [1.29, 1.82) is 0 Å². The van der Waals surface area contributed by atoms with Crippen molar-refractivity contribution in [3.63, 3.8) is 0 Å². The summed E-state index contributed by atoms with van der Waals surface area (Å²) in [5.41, 5.74) is 2.31. The lowest BCUT2D eigenvalue weighted by molar-refractivity contribution is 0.525. The van der Waals surface area contributed by atoms with Crippen LogP contribution in [0.5, 0.6) is 0 Å². The Morgan fingerprint density at radius 2 is 1.94 bits per heavy atom. The van der Waals surface area contributed by atoms with E-state index in [4.69, 9.17) is 0 Å². The number of hydrogen-bond acceptors (Lipinski definition) is 4. The molecule has 0 amide bonds. The van der Waals surface area contributed by atoms with Crippen LogP contribution in [0.1, 0.15) is 11.1 Å². The fourth-order valence-corrected chi connectivity index (χ4v) is 3.77. The Bertz CT molecular complexity index is 1360. The molecule has 0 aliphatic carbocycles. The molecular weight excluding hydrogens is 424 g/mol. The summed E-state index contributed by atoms with van der Waals surface area (Å²) in [6, 6.07) is 7.68. The summed E-state index contributed by atoms with van der Waals surface area (Å²) in [4.78, 5) is 11.5. The standard InChI is InChI=1S/C21H19F2N5O2S/c1-28(2)31(29,30)27-19-6-5-18(22)17(20(19)23)9-15-12-26-21-16(15)8-14(11-25-21)13-4-3-7-24-10-13/h3-8,10-12,27H,9H2,1-2H3,(H,25,26). The van der Waals surface area contributed by atoms with E-state index in [1.165, 1.54) is 14.1 Å². The number of aromatic amines is 1. The van der Waals surface area contributed by atoms with Crippen LogP contribution in [0.25, 0.3) is 22.2 Å². The van der Waals surface area contributed by atoms with Crippen LogP contribution in [0.15, 0.2) is 55.1 Å².